The summed E-state index contributed by atoms with van der Waals surface area (Å²) in [6.07, 6.45) is -5.34. The Morgan fingerprint density at radius 1 is 1.17 bits per heavy atom. The van der Waals surface area contributed by atoms with Crippen LogP contribution in [0.4, 0.5) is 11.4 Å². The van der Waals surface area contributed by atoms with Gasteiger partial charge in [-0.25, -0.2) is 9.31 Å². The van der Waals surface area contributed by atoms with Crippen molar-refractivity contribution in [2.24, 2.45) is 0 Å². The Morgan fingerprint density at radius 3 is 2.67 bits per heavy atom. The third-order valence-electron chi connectivity index (χ3n) is 4.74. The van der Waals surface area contributed by atoms with Crippen LogP contribution >= 0.6 is 0 Å². The number of fused-ring (bicyclic) bond motifs is 1. The molecule has 0 saturated carbocycles. The van der Waals surface area contributed by atoms with Crippen LogP contribution in [0.1, 0.15) is 11.9 Å². The maximum atomic E-state index is 11.0. The third-order valence-corrected chi connectivity index (χ3v) is 4.74. The van der Waals surface area contributed by atoms with Crippen LogP contribution in [-0.4, -0.2) is 81.7 Å². The molecule has 4 rings (SSSR count). The van der Waals surface area contributed by atoms with Gasteiger partial charge >= 0.3 is 5.69 Å². The minimum Gasteiger partial charge on any atom is -0.394 e. The van der Waals surface area contributed by atoms with Crippen molar-refractivity contribution in [3.63, 3.8) is 0 Å². The largest absolute Gasteiger partial charge is 0.394 e. The fourth-order valence-corrected chi connectivity index (χ4v) is 3.15. The van der Waals surface area contributed by atoms with Gasteiger partial charge in [-0.1, -0.05) is 5.21 Å². The van der Waals surface area contributed by atoms with Crippen molar-refractivity contribution in [3.05, 3.63) is 34.1 Å². The van der Waals surface area contributed by atoms with Gasteiger partial charge < -0.3 is 30.5 Å². The van der Waals surface area contributed by atoms with E-state index in [0.717, 1.165) is 4.68 Å². The number of aromatic nitrogens is 5. The van der Waals surface area contributed by atoms with Crippen molar-refractivity contribution in [1.29, 1.82) is 0 Å². The molecule has 5 atom stereocenters. The van der Waals surface area contributed by atoms with E-state index in [0.29, 0.717) is 11.4 Å². The molecule has 3 aromatic rings. The predicted octanol–water partition coefficient (Wildman–Crippen LogP) is -1.69. The average Bonchev–Trinajstić information content (AvgIpc) is 3.40. The molecular formula is C15H17N7O8. The van der Waals surface area contributed by atoms with Crippen molar-refractivity contribution in [3.8, 4) is 0 Å². The van der Waals surface area contributed by atoms with Crippen LogP contribution in [0.15, 0.2) is 23.0 Å². The summed E-state index contributed by atoms with van der Waals surface area (Å²) in [7, 11) is 0. The van der Waals surface area contributed by atoms with Crippen LogP contribution in [0.5, 0.6) is 0 Å². The lowest BCUT2D eigenvalue weighted by Crippen LogP contribution is -2.56. The number of hydrogen-bond donors (Lipinski definition) is 5. The number of benzene rings is 1. The molecular weight excluding hydrogens is 406 g/mol. The van der Waals surface area contributed by atoms with Gasteiger partial charge in [-0.15, -0.1) is 5.10 Å². The Kier molecular flexibility index (Phi) is 5.27. The molecule has 0 unspecified atom stereocenters. The minimum absolute atomic E-state index is 0.00465. The zero-order valence-electron chi connectivity index (χ0n) is 15.1. The molecule has 5 N–H and O–H groups in total. The van der Waals surface area contributed by atoms with Crippen molar-refractivity contribution < 1.29 is 34.7 Å². The highest BCUT2D eigenvalue weighted by Gasteiger charge is 2.44. The fraction of sp³-hybridized carbons (Fsp3) is 0.467. The Labute approximate surface area is 166 Å². The van der Waals surface area contributed by atoms with E-state index in [9.17, 15) is 30.5 Å². The number of nitrogens with one attached hydrogen (secondary N) is 1. The number of aliphatic hydroxyl groups is 4. The van der Waals surface area contributed by atoms with Crippen LogP contribution in [0.25, 0.3) is 11.0 Å². The second kappa shape index (κ2) is 7.88. The van der Waals surface area contributed by atoms with Crippen LogP contribution in [0.2, 0.25) is 0 Å². The summed E-state index contributed by atoms with van der Waals surface area (Å²) in [5.74, 6) is 0. The molecule has 0 radical (unpaired) electrons. The lowest BCUT2D eigenvalue weighted by Gasteiger charge is -2.39. The second-order valence-electron chi connectivity index (χ2n) is 6.61. The summed E-state index contributed by atoms with van der Waals surface area (Å²) in [4.78, 5) is 10.4. The standard InChI is InChI=1S/C15H17N7O8/c23-5-9-12(24)13(25)14(26)15(29-9)21-4-6(17-20-21)3-16-7-1-2-8(22(27)28)11-10(7)18-30-19-11/h1-2,4,9,12-16,23-26H,3,5H2/t9-,12-,13+,14-,15-/m1/s1. The summed E-state index contributed by atoms with van der Waals surface area (Å²) in [5, 5.41) is 68.2. The number of aliphatic hydroxyl groups excluding tert-OH is 4. The maximum Gasteiger partial charge on any atom is 0.300 e. The average molecular weight is 423 g/mol. The topological polar surface area (TPSA) is 215 Å². The molecule has 30 heavy (non-hydrogen) atoms. The van der Waals surface area contributed by atoms with Gasteiger partial charge in [-0.3, -0.25) is 10.1 Å². The summed E-state index contributed by atoms with van der Waals surface area (Å²) >= 11 is 0. The zero-order chi connectivity index (χ0) is 21.4. The first kappa shape index (κ1) is 20.0. The van der Waals surface area contributed by atoms with Gasteiger partial charge in [-0.2, -0.15) is 0 Å². The molecule has 1 saturated heterocycles. The number of rotatable bonds is 6. The van der Waals surface area contributed by atoms with Crippen molar-refractivity contribution in [1.82, 2.24) is 25.3 Å². The fourth-order valence-electron chi connectivity index (χ4n) is 3.15. The first-order chi connectivity index (χ1) is 14.4. The molecule has 1 aliphatic heterocycles. The van der Waals surface area contributed by atoms with Gasteiger partial charge in [-0.05, 0) is 16.4 Å². The summed E-state index contributed by atoms with van der Waals surface area (Å²) in [6, 6.07) is 2.71. The molecule has 3 heterocycles. The van der Waals surface area contributed by atoms with Crippen LogP contribution in [0, 0.1) is 10.1 Å². The lowest BCUT2D eigenvalue weighted by atomic mass is 9.98. The molecule has 15 heteroatoms. The molecule has 0 bridgehead atoms. The number of anilines is 1. The molecule has 15 nitrogen and oxygen atoms in total. The van der Waals surface area contributed by atoms with Gasteiger partial charge in [0.1, 0.15) is 30.1 Å². The van der Waals surface area contributed by atoms with Crippen LogP contribution in [-0.2, 0) is 11.3 Å². The number of ether oxygens (including phenoxy) is 1. The molecule has 1 fully saturated rings. The SMILES string of the molecule is O=[N+]([O-])c1ccc(NCc2cn([C@@H]3O[C@H](CO)[C@@H](O)[C@H](O)[C@H]3O)nn2)c2nonc12. The highest BCUT2D eigenvalue weighted by molar-refractivity contribution is 5.93. The van der Waals surface area contributed by atoms with Crippen molar-refractivity contribution in [2.45, 2.75) is 37.2 Å². The highest BCUT2D eigenvalue weighted by atomic mass is 16.6. The number of nitrogens with zero attached hydrogens (tertiary/aromatic N) is 6. The van der Waals surface area contributed by atoms with E-state index in [1.165, 1.54) is 18.3 Å². The van der Waals surface area contributed by atoms with Crippen LogP contribution < -0.4 is 5.32 Å². The lowest BCUT2D eigenvalue weighted by molar-refractivity contribution is -0.383. The van der Waals surface area contributed by atoms with Crippen molar-refractivity contribution in [2.75, 3.05) is 11.9 Å². The molecule has 1 aromatic carbocycles. The number of nitro groups is 1. The minimum atomic E-state index is -1.54. The molecule has 2 aromatic heterocycles. The first-order valence-electron chi connectivity index (χ1n) is 8.75. The molecule has 1 aliphatic rings. The van der Waals surface area contributed by atoms with E-state index >= 15 is 0 Å². The van der Waals surface area contributed by atoms with Gasteiger partial charge in [0.05, 0.1) is 30.0 Å². The predicted molar refractivity (Wildman–Crippen MR) is 94.8 cm³/mol. The quantitative estimate of drug-likeness (QED) is 0.221. The Balaban J connectivity index is 1.49. The van der Waals surface area contributed by atoms with Crippen molar-refractivity contribution >= 4 is 22.4 Å². The van der Waals surface area contributed by atoms with E-state index in [-0.39, 0.29) is 23.3 Å². The molecule has 0 amide bonds. The van der Waals surface area contributed by atoms with Gasteiger partial charge in [0, 0.05) is 6.07 Å². The first-order valence-corrected chi connectivity index (χ1v) is 8.75. The zero-order valence-corrected chi connectivity index (χ0v) is 15.1. The van der Waals surface area contributed by atoms with Crippen LogP contribution in [0.3, 0.4) is 0 Å². The van der Waals surface area contributed by atoms with E-state index in [4.69, 9.17) is 4.74 Å². The Bertz CT molecular complexity index is 1050. The van der Waals surface area contributed by atoms with Gasteiger partial charge in [0.25, 0.3) is 0 Å². The summed E-state index contributed by atoms with van der Waals surface area (Å²) in [5.41, 5.74) is 0.736. The Morgan fingerprint density at radius 2 is 1.93 bits per heavy atom. The third kappa shape index (κ3) is 3.44. The van der Waals surface area contributed by atoms with Gasteiger partial charge in [0.15, 0.2) is 11.7 Å². The summed E-state index contributed by atoms with van der Waals surface area (Å²) in [6.45, 7) is -0.441. The monoisotopic (exact) mass is 423 g/mol. The second-order valence-corrected chi connectivity index (χ2v) is 6.61. The normalized spacial score (nSPS) is 26.7. The Hall–Kier alpha value is -3.24. The molecule has 0 spiro atoms. The molecule has 160 valence electrons. The smallest absolute Gasteiger partial charge is 0.300 e. The van der Waals surface area contributed by atoms with E-state index < -0.39 is 42.2 Å². The summed E-state index contributed by atoms with van der Waals surface area (Å²) < 4.78 is 11.2. The number of hydrogen-bond acceptors (Lipinski definition) is 13. The maximum absolute atomic E-state index is 11.0. The highest BCUT2D eigenvalue weighted by Crippen LogP contribution is 2.30. The van der Waals surface area contributed by atoms with E-state index in [2.05, 4.69) is 30.6 Å². The van der Waals surface area contributed by atoms with E-state index in [1.54, 1.807) is 0 Å². The number of non-ortho nitro benzene ring substituents is 1. The van der Waals surface area contributed by atoms with Gasteiger partial charge in [0.2, 0.25) is 5.52 Å². The molecule has 0 aliphatic carbocycles. The number of nitro benzene ring substituents is 1. The van der Waals surface area contributed by atoms with E-state index in [1.807, 2.05) is 0 Å².